The fourth-order valence-corrected chi connectivity index (χ4v) is 6.20. The third-order valence-corrected chi connectivity index (χ3v) is 8.45. The first kappa shape index (κ1) is 25.6. The summed E-state index contributed by atoms with van der Waals surface area (Å²) in [5, 5.41) is 24.3. The zero-order valence-corrected chi connectivity index (χ0v) is 21.2. The van der Waals surface area contributed by atoms with Crippen molar-refractivity contribution in [2.24, 2.45) is 0 Å². The van der Waals surface area contributed by atoms with E-state index in [1.807, 2.05) is 37.3 Å². The summed E-state index contributed by atoms with van der Waals surface area (Å²) < 4.78 is 0. The number of aromatic hydroxyl groups is 1. The first-order chi connectivity index (χ1) is 17.1. The van der Waals surface area contributed by atoms with Gasteiger partial charge >= 0.3 is 0 Å². The lowest BCUT2D eigenvalue weighted by molar-refractivity contribution is -0.166. The van der Waals surface area contributed by atoms with E-state index in [0.29, 0.717) is 11.1 Å². The lowest BCUT2D eigenvalue weighted by Gasteiger charge is -2.52. The van der Waals surface area contributed by atoms with Crippen LogP contribution in [-0.2, 0) is 16.0 Å². The Kier molecular flexibility index (Phi) is 7.03. The number of aliphatic hydroxyl groups is 1. The van der Waals surface area contributed by atoms with E-state index in [4.69, 9.17) is 6.42 Å². The molecular weight excluding hydrogens is 478 g/mol. The van der Waals surface area contributed by atoms with Crippen molar-refractivity contribution in [2.75, 3.05) is 12.4 Å². The minimum atomic E-state index is -1.59. The second kappa shape index (κ2) is 9.88. The van der Waals surface area contributed by atoms with Crippen molar-refractivity contribution in [3.05, 3.63) is 64.7 Å². The van der Waals surface area contributed by atoms with Gasteiger partial charge in [-0.05, 0) is 44.4 Å². The Labute approximate surface area is 214 Å². The van der Waals surface area contributed by atoms with Crippen molar-refractivity contribution in [3.63, 3.8) is 0 Å². The predicted molar refractivity (Wildman–Crippen MR) is 137 cm³/mol. The molecule has 2 saturated heterocycles. The zero-order chi connectivity index (χ0) is 26.2. The van der Waals surface area contributed by atoms with Crippen LogP contribution in [0.25, 0.3) is 0 Å². The quantitative estimate of drug-likeness (QED) is 0.390. The molecule has 4 atom stereocenters. The summed E-state index contributed by atoms with van der Waals surface area (Å²) in [7, 11) is 0. The number of rotatable bonds is 7. The van der Waals surface area contributed by atoms with E-state index in [1.54, 1.807) is 30.9 Å². The van der Waals surface area contributed by atoms with Crippen molar-refractivity contribution in [2.45, 2.75) is 50.3 Å². The summed E-state index contributed by atoms with van der Waals surface area (Å²) >= 11 is 1.42. The maximum atomic E-state index is 13.5. The van der Waals surface area contributed by atoms with Crippen LogP contribution in [0.1, 0.15) is 34.0 Å². The Morgan fingerprint density at radius 1 is 1.25 bits per heavy atom. The molecule has 0 aliphatic carbocycles. The number of nitrogens with one attached hydrogen (secondary N) is 1. The van der Waals surface area contributed by atoms with Crippen LogP contribution in [0.15, 0.2) is 42.5 Å². The van der Waals surface area contributed by atoms with E-state index in [0.717, 1.165) is 5.56 Å². The standard InChI is InChI=1S/C27H29N3O5S/c1-5-13-30-26(35)23-27(30,4)36-15-29(23)25(34)22(32)20(14-18-9-7-6-8-10-18)28-24(33)19-12-11-16(2)21(31)17(19)3/h1,6-12,20,22-23,31-32H,13-15H2,2-4H3,(H,28,33)/t20-,22-,23+,27?/m0/s1. The van der Waals surface area contributed by atoms with E-state index < -0.39 is 34.9 Å². The molecule has 2 heterocycles. The lowest BCUT2D eigenvalue weighted by atomic mass is 9.93. The van der Waals surface area contributed by atoms with Crippen molar-refractivity contribution in [3.8, 4) is 18.1 Å². The molecular formula is C27H29N3O5S. The number of phenolic OH excluding ortho intramolecular Hbond substituents is 1. The van der Waals surface area contributed by atoms with Crippen LogP contribution in [0.3, 0.4) is 0 Å². The average molecular weight is 508 g/mol. The molecule has 8 nitrogen and oxygen atoms in total. The molecule has 0 aromatic heterocycles. The molecule has 2 aromatic rings. The number of β-lactam (4-membered cyclic amide) rings is 1. The summed E-state index contributed by atoms with van der Waals surface area (Å²) in [6.07, 6.45) is 3.99. The van der Waals surface area contributed by atoms with Crippen LogP contribution < -0.4 is 5.32 Å². The zero-order valence-electron chi connectivity index (χ0n) is 20.4. The van der Waals surface area contributed by atoms with Crippen molar-refractivity contribution in [1.29, 1.82) is 0 Å². The fourth-order valence-electron chi connectivity index (χ4n) is 4.83. The van der Waals surface area contributed by atoms with E-state index in [2.05, 4.69) is 11.2 Å². The van der Waals surface area contributed by atoms with Gasteiger partial charge in [0.15, 0.2) is 6.10 Å². The lowest BCUT2D eigenvalue weighted by Crippen LogP contribution is -2.74. The summed E-state index contributed by atoms with van der Waals surface area (Å²) in [4.78, 5) is 41.7. The molecule has 2 aliphatic heterocycles. The van der Waals surface area contributed by atoms with Gasteiger partial charge in [-0.1, -0.05) is 42.3 Å². The van der Waals surface area contributed by atoms with Crippen LogP contribution in [-0.4, -0.2) is 73.2 Å². The van der Waals surface area contributed by atoms with Gasteiger partial charge in [0.25, 0.3) is 17.7 Å². The Morgan fingerprint density at radius 3 is 2.61 bits per heavy atom. The van der Waals surface area contributed by atoms with Gasteiger partial charge in [-0.2, -0.15) is 0 Å². The number of benzene rings is 2. The number of hydrogen-bond acceptors (Lipinski definition) is 6. The number of hydrogen-bond donors (Lipinski definition) is 3. The predicted octanol–water partition coefficient (Wildman–Crippen LogP) is 1.80. The first-order valence-corrected chi connectivity index (χ1v) is 12.6. The molecule has 0 bridgehead atoms. The van der Waals surface area contributed by atoms with Crippen LogP contribution in [0.2, 0.25) is 0 Å². The second-order valence-electron chi connectivity index (χ2n) is 9.29. The van der Waals surface area contributed by atoms with E-state index in [1.165, 1.54) is 16.7 Å². The largest absolute Gasteiger partial charge is 0.507 e. The van der Waals surface area contributed by atoms with Crippen LogP contribution >= 0.6 is 11.8 Å². The van der Waals surface area contributed by atoms with Crippen molar-refractivity contribution >= 4 is 29.5 Å². The average Bonchev–Trinajstić information content (AvgIpc) is 3.18. The highest BCUT2D eigenvalue weighted by Crippen LogP contribution is 2.50. The minimum absolute atomic E-state index is 0.0206. The molecule has 2 aromatic carbocycles. The Balaban J connectivity index is 1.58. The molecule has 36 heavy (non-hydrogen) atoms. The third-order valence-electron chi connectivity index (χ3n) is 7.01. The first-order valence-electron chi connectivity index (χ1n) is 11.6. The SMILES string of the molecule is C#CCN1C(=O)[C@H]2N(C(=O)[C@@H](O)[C@H](Cc3ccccc3)NC(=O)c3ccc(C)c(O)c3C)CSC21C. The molecule has 3 N–H and O–H groups in total. The molecule has 4 rings (SSSR count). The fraction of sp³-hybridized carbons (Fsp3) is 0.370. The maximum Gasteiger partial charge on any atom is 0.255 e. The molecule has 0 radical (unpaired) electrons. The minimum Gasteiger partial charge on any atom is -0.507 e. The van der Waals surface area contributed by atoms with Gasteiger partial charge in [0.05, 0.1) is 18.5 Å². The van der Waals surface area contributed by atoms with Gasteiger partial charge in [-0.25, -0.2) is 0 Å². The highest BCUT2D eigenvalue weighted by atomic mass is 32.2. The molecule has 3 amide bonds. The number of likely N-dealkylation sites (tertiary alicyclic amines) is 1. The Hall–Kier alpha value is -3.48. The van der Waals surface area contributed by atoms with E-state index >= 15 is 0 Å². The summed E-state index contributed by atoms with van der Waals surface area (Å²) in [6.45, 7) is 5.38. The number of phenols is 1. The molecule has 2 aliphatic rings. The number of terminal acetylenes is 1. The number of carbonyl (C=O) groups is 3. The molecule has 9 heteroatoms. The number of aryl methyl sites for hydroxylation is 1. The van der Waals surface area contributed by atoms with E-state index in [-0.39, 0.29) is 36.1 Å². The Bertz CT molecular complexity index is 1240. The van der Waals surface area contributed by atoms with E-state index in [9.17, 15) is 24.6 Å². The normalized spacial score (nSPS) is 22.3. The highest BCUT2D eigenvalue weighted by molar-refractivity contribution is 8.01. The van der Waals surface area contributed by atoms with Gasteiger partial charge in [-0.3, -0.25) is 14.4 Å². The number of fused-ring (bicyclic) bond motifs is 1. The highest BCUT2D eigenvalue weighted by Gasteiger charge is 2.65. The number of thioether (sulfide) groups is 1. The van der Waals surface area contributed by atoms with Gasteiger partial charge in [-0.15, -0.1) is 18.2 Å². The number of aliphatic hydroxyl groups excluding tert-OH is 1. The molecule has 0 spiro atoms. The van der Waals surface area contributed by atoms with Gasteiger partial charge in [0.2, 0.25) is 0 Å². The van der Waals surface area contributed by atoms with Crippen LogP contribution in [0.5, 0.6) is 5.75 Å². The number of carbonyl (C=O) groups excluding carboxylic acids is 3. The summed E-state index contributed by atoms with van der Waals surface area (Å²) in [5.74, 6) is 1.31. The molecule has 2 fully saturated rings. The number of amides is 3. The van der Waals surface area contributed by atoms with Crippen LogP contribution in [0.4, 0.5) is 0 Å². The maximum absolute atomic E-state index is 13.5. The summed E-state index contributed by atoms with van der Waals surface area (Å²) in [6, 6.07) is 10.8. The summed E-state index contributed by atoms with van der Waals surface area (Å²) in [5.41, 5.74) is 2.11. The Morgan fingerprint density at radius 2 is 1.94 bits per heavy atom. The van der Waals surface area contributed by atoms with Crippen LogP contribution in [0, 0.1) is 26.2 Å². The molecule has 1 unspecified atom stereocenters. The molecule has 188 valence electrons. The number of nitrogens with zero attached hydrogens (tertiary/aromatic N) is 2. The van der Waals surface area contributed by atoms with Gasteiger partial charge < -0.3 is 25.3 Å². The van der Waals surface area contributed by atoms with Gasteiger partial charge in [0, 0.05) is 11.1 Å². The monoisotopic (exact) mass is 507 g/mol. The topological polar surface area (TPSA) is 110 Å². The van der Waals surface area contributed by atoms with Crippen molar-refractivity contribution < 1.29 is 24.6 Å². The third kappa shape index (κ3) is 4.31. The van der Waals surface area contributed by atoms with Crippen molar-refractivity contribution in [1.82, 2.24) is 15.1 Å². The second-order valence-corrected chi connectivity index (χ2v) is 10.7. The van der Waals surface area contributed by atoms with Gasteiger partial charge in [0.1, 0.15) is 16.7 Å². The smallest absolute Gasteiger partial charge is 0.255 e. The molecule has 0 saturated carbocycles.